The zero-order chi connectivity index (χ0) is 21.5. The minimum Gasteiger partial charge on any atom is -0.463 e. The normalized spacial score (nSPS) is 20.9. The Morgan fingerprint density at radius 1 is 1.38 bits per heavy atom. The van der Waals surface area contributed by atoms with Crippen LogP contribution >= 0.6 is 11.6 Å². The largest absolute Gasteiger partial charge is 0.463 e. The summed E-state index contributed by atoms with van der Waals surface area (Å²) >= 11 is 6.41. The van der Waals surface area contributed by atoms with Crippen LogP contribution in [0.4, 0.5) is 5.69 Å². The molecule has 0 aromatic heterocycles. The van der Waals surface area contributed by atoms with E-state index in [0.29, 0.717) is 29.7 Å². The van der Waals surface area contributed by atoms with Crippen LogP contribution in [0.5, 0.6) is 0 Å². The minimum absolute atomic E-state index is 0.106. The molecule has 0 saturated carbocycles. The van der Waals surface area contributed by atoms with Crippen molar-refractivity contribution in [1.29, 1.82) is 0 Å². The number of non-ortho nitro benzene ring substituents is 1. The number of nitro benzene ring substituents is 1. The molecule has 1 aliphatic carbocycles. The van der Waals surface area contributed by atoms with Gasteiger partial charge in [-0.1, -0.05) is 25.4 Å². The van der Waals surface area contributed by atoms with Gasteiger partial charge in [0.2, 0.25) is 0 Å². The second-order valence-corrected chi connectivity index (χ2v) is 8.52. The van der Waals surface area contributed by atoms with Gasteiger partial charge in [-0.2, -0.15) is 0 Å². The number of carbonyl (C=O) groups is 2. The number of carbonyl (C=O) groups excluding carboxylic acids is 2. The molecule has 29 heavy (non-hydrogen) atoms. The molecule has 1 aromatic rings. The molecule has 0 radical (unpaired) electrons. The Labute approximate surface area is 173 Å². The van der Waals surface area contributed by atoms with E-state index in [1.165, 1.54) is 18.2 Å². The van der Waals surface area contributed by atoms with Crippen molar-refractivity contribution in [2.75, 3.05) is 6.61 Å². The van der Waals surface area contributed by atoms with E-state index in [4.69, 9.17) is 16.3 Å². The molecule has 0 saturated heterocycles. The number of dihydropyridines is 1. The van der Waals surface area contributed by atoms with E-state index in [0.717, 1.165) is 5.70 Å². The van der Waals surface area contributed by atoms with Crippen molar-refractivity contribution in [3.05, 3.63) is 61.4 Å². The van der Waals surface area contributed by atoms with E-state index in [1.54, 1.807) is 13.8 Å². The Hall–Kier alpha value is -2.67. The first-order valence-corrected chi connectivity index (χ1v) is 9.78. The van der Waals surface area contributed by atoms with Gasteiger partial charge < -0.3 is 10.1 Å². The molecule has 0 bridgehead atoms. The van der Waals surface area contributed by atoms with Crippen molar-refractivity contribution in [2.45, 2.75) is 46.5 Å². The van der Waals surface area contributed by atoms with Crippen LogP contribution in [-0.4, -0.2) is 23.3 Å². The SMILES string of the molecule is CCOC(=O)C1=C(C)NC2=C(C(=O)CC(C)(C)C2)C1c1cc([N+](=O)[O-])ccc1Cl. The fraction of sp³-hybridized carbons (Fsp3) is 0.429. The van der Waals surface area contributed by atoms with Crippen molar-refractivity contribution < 1.29 is 19.2 Å². The minimum atomic E-state index is -0.818. The number of nitrogens with one attached hydrogen (secondary N) is 1. The summed E-state index contributed by atoms with van der Waals surface area (Å²) in [4.78, 5) is 36.7. The fourth-order valence-corrected chi connectivity index (χ4v) is 4.32. The van der Waals surface area contributed by atoms with Crippen LogP contribution in [0.25, 0.3) is 0 Å². The van der Waals surface area contributed by atoms with E-state index < -0.39 is 16.8 Å². The van der Waals surface area contributed by atoms with Crippen LogP contribution in [0.2, 0.25) is 5.02 Å². The number of ether oxygens (including phenoxy) is 1. The van der Waals surface area contributed by atoms with E-state index in [-0.39, 0.29) is 34.1 Å². The standard InChI is InChI=1S/C21H23ClN2O5/c1-5-29-20(26)17-11(2)23-15-9-21(3,4)10-16(25)19(15)18(17)13-8-12(24(27)28)6-7-14(13)22/h6-8,18,23H,5,9-10H2,1-4H3. The quantitative estimate of drug-likeness (QED) is 0.441. The second kappa shape index (κ2) is 7.63. The average Bonchev–Trinajstić information content (AvgIpc) is 2.59. The number of hydrogen-bond donors (Lipinski definition) is 1. The number of benzene rings is 1. The van der Waals surface area contributed by atoms with E-state index >= 15 is 0 Å². The Balaban J connectivity index is 2.26. The van der Waals surface area contributed by atoms with Gasteiger partial charge in [0.05, 0.1) is 17.1 Å². The smallest absolute Gasteiger partial charge is 0.336 e. The van der Waals surface area contributed by atoms with Gasteiger partial charge in [-0.15, -0.1) is 0 Å². The Bertz CT molecular complexity index is 977. The highest BCUT2D eigenvalue weighted by Crippen LogP contribution is 2.48. The number of ketones is 1. The molecule has 7 nitrogen and oxygen atoms in total. The van der Waals surface area contributed by atoms with Gasteiger partial charge in [-0.05, 0) is 37.3 Å². The van der Waals surface area contributed by atoms with Crippen molar-refractivity contribution >= 4 is 29.0 Å². The Morgan fingerprint density at radius 3 is 2.69 bits per heavy atom. The molecular formula is C21H23ClN2O5. The molecule has 154 valence electrons. The Kier molecular flexibility index (Phi) is 5.54. The number of nitro groups is 1. The number of nitrogens with zero attached hydrogens (tertiary/aromatic N) is 1. The molecule has 1 aliphatic heterocycles. The lowest BCUT2D eigenvalue weighted by molar-refractivity contribution is -0.384. The molecule has 8 heteroatoms. The molecule has 0 spiro atoms. The molecule has 0 amide bonds. The average molecular weight is 419 g/mol. The van der Waals surface area contributed by atoms with Crippen molar-refractivity contribution in [3.63, 3.8) is 0 Å². The third-order valence-electron chi connectivity index (χ3n) is 5.24. The molecule has 1 atom stereocenters. The van der Waals surface area contributed by atoms with Crippen LogP contribution in [0.1, 0.15) is 52.0 Å². The lowest BCUT2D eigenvalue weighted by atomic mass is 9.68. The van der Waals surface area contributed by atoms with E-state index in [2.05, 4.69) is 5.32 Å². The zero-order valence-electron chi connectivity index (χ0n) is 16.8. The number of rotatable bonds is 4. The number of Topliss-reactive ketones (excluding diaryl/α,β-unsaturated/α-hetero) is 1. The first-order chi connectivity index (χ1) is 13.6. The highest BCUT2D eigenvalue weighted by molar-refractivity contribution is 6.31. The van der Waals surface area contributed by atoms with Gasteiger partial charge in [0.1, 0.15) is 0 Å². The van der Waals surface area contributed by atoms with Gasteiger partial charge in [0, 0.05) is 46.5 Å². The van der Waals surface area contributed by atoms with Crippen LogP contribution in [0.15, 0.2) is 40.7 Å². The van der Waals surface area contributed by atoms with Crippen LogP contribution in [-0.2, 0) is 14.3 Å². The molecule has 1 aromatic carbocycles. The molecule has 0 fully saturated rings. The van der Waals surface area contributed by atoms with Gasteiger partial charge in [-0.3, -0.25) is 14.9 Å². The number of halogens is 1. The summed E-state index contributed by atoms with van der Waals surface area (Å²) in [5.41, 5.74) is 1.92. The number of hydrogen-bond acceptors (Lipinski definition) is 6. The monoisotopic (exact) mass is 418 g/mol. The Morgan fingerprint density at radius 2 is 2.07 bits per heavy atom. The van der Waals surface area contributed by atoms with Gasteiger partial charge in [-0.25, -0.2) is 4.79 Å². The van der Waals surface area contributed by atoms with E-state index in [9.17, 15) is 19.7 Å². The summed E-state index contributed by atoms with van der Waals surface area (Å²) in [6, 6.07) is 4.06. The molecule has 1 N–H and O–H groups in total. The predicted molar refractivity (Wildman–Crippen MR) is 108 cm³/mol. The van der Waals surface area contributed by atoms with Crippen molar-refractivity contribution in [3.8, 4) is 0 Å². The maximum atomic E-state index is 13.1. The first-order valence-electron chi connectivity index (χ1n) is 9.40. The van der Waals surface area contributed by atoms with Gasteiger partial charge in [0.15, 0.2) is 5.78 Å². The summed E-state index contributed by atoms with van der Waals surface area (Å²) < 4.78 is 5.23. The first kappa shape index (κ1) is 21.0. The number of allylic oxidation sites excluding steroid dienone is 3. The number of esters is 1. The highest BCUT2D eigenvalue weighted by atomic mass is 35.5. The lowest BCUT2D eigenvalue weighted by Crippen LogP contribution is -2.38. The second-order valence-electron chi connectivity index (χ2n) is 8.11. The summed E-state index contributed by atoms with van der Waals surface area (Å²) in [5, 5.41) is 14.8. The fourth-order valence-electron chi connectivity index (χ4n) is 4.09. The molecule has 2 aliphatic rings. The zero-order valence-corrected chi connectivity index (χ0v) is 17.6. The summed E-state index contributed by atoms with van der Waals surface area (Å²) in [5.74, 6) is -1.50. The van der Waals surface area contributed by atoms with Crippen LogP contribution < -0.4 is 5.32 Å². The summed E-state index contributed by atoms with van der Waals surface area (Å²) in [7, 11) is 0. The lowest BCUT2D eigenvalue weighted by Gasteiger charge is -2.39. The molecular weight excluding hydrogens is 396 g/mol. The maximum absolute atomic E-state index is 13.1. The molecule has 1 heterocycles. The highest BCUT2D eigenvalue weighted by Gasteiger charge is 2.44. The summed E-state index contributed by atoms with van der Waals surface area (Å²) in [6.45, 7) is 7.61. The topological polar surface area (TPSA) is 98.5 Å². The van der Waals surface area contributed by atoms with Crippen LogP contribution in [0, 0.1) is 15.5 Å². The molecule has 1 unspecified atom stereocenters. The third kappa shape index (κ3) is 3.92. The van der Waals surface area contributed by atoms with Crippen LogP contribution in [0.3, 0.4) is 0 Å². The van der Waals surface area contributed by atoms with Crippen molar-refractivity contribution in [1.82, 2.24) is 5.32 Å². The van der Waals surface area contributed by atoms with Crippen molar-refractivity contribution in [2.24, 2.45) is 5.41 Å². The predicted octanol–water partition coefficient (Wildman–Crippen LogP) is 4.42. The van der Waals surface area contributed by atoms with Gasteiger partial charge in [0.25, 0.3) is 5.69 Å². The maximum Gasteiger partial charge on any atom is 0.336 e. The summed E-state index contributed by atoms with van der Waals surface area (Å²) in [6.07, 6.45) is 0.927. The van der Waals surface area contributed by atoms with E-state index in [1.807, 2.05) is 13.8 Å². The third-order valence-corrected chi connectivity index (χ3v) is 5.58. The van der Waals surface area contributed by atoms with Gasteiger partial charge >= 0.3 is 5.97 Å². The molecule has 3 rings (SSSR count).